The Kier molecular flexibility index (Phi) is 4.70. The minimum Gasteiger partial charge on any atom is -0.397 e. The van der Waals surface area contributed by atoms with Gasteiger partial charge in [0.15, 0.2) is 0 Å². The number of nitrogens with one attached hydrogen (secondary N) is 3. The predicted molar refractivity (Wildman–Crippen MR) is 111 cm³/mol. The minimum atomic E-state index is -0.496. The number of rotatable bonds is 4. The van der Waals surface area contributed by atoms with E-state index in [2.05, 4.69) is 15.6 Å². The molecule has 0 saturated carbocycles. The summed E-state index contributed by atoms with van der Waals surface area (Å²) in [6.45, 7) is 0. The fourth-order valence-electron chi connectivity index (χ4n) is 2.93. The summed E-state index contributed by atoms with van der Waals surface area (Å²) >= 11 is 0. The maximum atomic E-state index is 13.3. The van der Waals surface area contributed by atoms with Crippen LogP contribution in [0.4, 0.5) is 21.5 Å². The van der Waals surface area contributed by atoms with Crippen molar-refractivity contribution in [1.82, 2.24) is 4.98 Å². The third-order valence-corrected chi connectivity index (χ3v) is 4.44. The molecule has 3 aromatic carbocycles. The lowest BCUT2D eigenvalue weighted by molar-refractivity contribution is 0.101. The second-order valence-electron chi connectivity index (χ2n) is 6.49. The van der Waals surface area contributed by atoms with Crippen molar-refractivity contribution in [2.75, 3.05) is 16.4 Å². The molecule has 0 saturated heterocycles. The molecule has 144 valence electrons. The van der Waals surface area contributed by atoms with Crippen molar-refractivity contribution >= 4 is 39.8 Å². The van der Waals surface area contributed by atoms with Crippen LogP contribution in [-0.4, -0.2) is 16.8 Å². The third-order valence-electron chi connectivity index (χ3n) is 4.44. The van der Waals surface area contributed by atoms with E-state index in [0.29, 0.717) is 16.9 Å². The molecule has 0 fully saturated rings. The van der Waals surface area contributed by atoms with E-state index in [4.69, 9.17) is 5.73 Å². The fraction of sp³-hybridized carbons (Fsp3) is 0. The Balaban J connectivity index is 1.45. The Morgan fingerprint density at radius 1 is 0.862 bits per heavy atom. The quantitative estimate of drug-likeness (QED) is 0.390. The largest absolute Gasteiger partial charge is 0.397 e. The number of aromatic amines is 1. The van der Waals surface area contributed by atoms with Crippen LogP contribution in [0.3, 0.4) is 0 Å². The van der Waals surface area contributed by atoms with Crippen molar-refractivity contribution in [3.05, 3.63) is 89.9 Å². The summed E-state index contributed by atoms with van der Waals surface area (Å²) in [7, 11) is 0. The highest BCUT2D eigenvalue weighted by molar-refractivity contribution is 6.07. The molecule has 0 bridgehead atoms. The maximum absolute atomic E-state index is 13.3. The number of fused-ring (bicyclic) bond motifs is 1. The summed E-state index contributed by atoms with van der Waals surface area (Å²) in [6, 6.07) is 19.5. The van der Waals surface area contributed by atoms with Gasteiger partial charge in [0.1, 0.15) is 11.5 Å². The van der Waals surface area contributed by atoms with Gasteiger partial charge >= 0.3 is 0 Å². The number of para-hydroxylation sites is 1. The van der Waals surface area contributed by atoms with Gasteiger partial charge in [-0.2, -0.15) is 0 Å². The fourth-order valence-corrected chi connectivity index (χ4v) is 2.93. The van der Waals surface area contributed by atoms with Crippen LogP contribution in [0.5, 0.6) is 0 Å². The van der Waals surface area contributed by atoms with Crippen LogP contribution in [-0.2, 0) is 0 Å². The molecule has 29 heavy (non-hydrogen) atoms. The summed E-state index contributed by atoms with van der Waals surface area (Å²) < 4.78 is 13.3. The predicted octanol–water partition coefficient (Wildman–Crippen LogP) is 4.39. The SMILES string of the molecule is Nc1ccc(F)cc1NC(=O)c1ccc(NC(=O)c2cc3ccccc3[nH]2)cc1. The van der Waals surface area contributed by atoms with Crippen molar-refractivity contribution in [3.8, 4) is 0 Å². The number of carbonyl (C=O) groups is 2. The summed E-state index contributed by atoms with van der Waals surface area (Å²) in [5.41, 5.74) is 8.41. The van der Waals surface area contributed by atoms with Crippen LogP contribution in [0.1, 0.15) is 20.8 Å². The van der Waals surface area contributed by atoms with E-state index in [0.717, 1.165) is 17.0 Å². The first-order valence-corrected chi connectivity index (χ1v) is 8.85. The van der Waals surface area contributed by atoms with E-state index in [1.165, 1.54) is 12.1 Å². The van der Waals surface area contributed by atoms with Crippen LogP contribution in [0.25, 0.3) is 10.9 Å². The van der Waals surface area contributed by atoms with Crippen LogP contribution in [0.15, 0.2) is 72.8 Å². The molecule has 0 unspecified atom stereocenters. The Labute approximate surface area is 165 Å². The molecule has 2 amide bonds. The number of aromatic nitrogens is 1. The number of nitrogen functional groups attached to an aromatic ring is 1. The van der Waals surface area contributed by atoms with Gasteiger partial charge in [0, 0.05) is 22.2 Å². The Bertz CT molecular complexity index is 1180. The zero-order valence-electron chi connectivity index (χ0n) is 15.2. The number of nitrogens with two attached hydrogens (primary N) is 1. The van der Waals surface area contributed by atoms with Crippen molar-refractivity contribution < 1.29 is 14.0 Å². The summed E-state index contributed by atoms with van der Waals surface area (Å²) in [6.07, 6.45) is 0. The molecule has 0 aliphatic heterocycles. The second kappa shape index (κ2) is 7.47. The molecule has 4 aromatic rings. The smallest absolute Gasteiger partial charge is 0.272 e. The average molecular weight is 388 g/mol. The first kappa shape index (κ1) is 18.2. The molecule has 0 radical (unpaired) electrons. The molecule has 0 aliphatic carbocycles. The van der Waals surface area contributed by atoms with Gasteiger partial charge in [0.25, 0.3) is 11.8 Å². The van der Waals surface area contributed by atoms with Crippen LogP contribution < -0.4 is 16.4 Å². The zero-order chi connectivity index (χ0) is 20.4. The monoisotopic (exact) mass is 388 g/mol. The van der Waals surface area contributed by atoms with E-state index in [1.807, 2.05) is 24.3 Å². The Morgan fingerprint density at radius 2 is 1.62 bits per heavy atom. The molecule has 7 heteroatoms. The highest BCUT2D eigenvalue weighted by atomic mass is 19.1. The molecule has 6 nitrogen and oxygen atoms in total. The van der Waals surface area contributed by atoms with Crippen molar-refractivity contribution in [2.24, 2.45) is 0 Å². The van der Waals surface area contributed by atoms with E-state index in [9.17, 15) is 14.0 Å². The third kappa shape index (κ3) is 3.93. The molecule has 5 N–H and O–H groups in total. The van der Waals surface area contributed by atoms with Gasteiger partial charge in [-0.3, -0.25) is 9.59 Å². The summed E-state index contributed by atoms with van der Waals surface area (Å²) in [5.74, 6) is -1.22. The van der Waals surface area contributed by atoms with Crippen LogP contribution in [0.2, 0.25) is 0 Å². The number of benzene rings is 3. The van der Waals surface area contributed by atoms with Gasteiger partial charge < -0.3 is 21.4 Å². The first-order chi connectivity index (χ1) is 14.0. The van der Waals surface area contributed by atoms with Gasteiger partial charge in [0.2, 0.25) is 0 Å². The van der Waals surface area contributed by atoms with E-state index in [-0.39, 0.29) is 17.3 Å². The number of hydrogen-bond donors (Lipinski definition) is 4. The van der Waals surface area contributed by atoms with Crippen LogP contribution >= 0.6 is 0 Å². The molecular formula is C22H17FN4O2. The van der Waals surface area contributed by atoms with Gasteiger partial charge in [-0.25, -0.2) is 4.39 Å². The number of H-pyrrole nitrogens is 1. The van der Waals surface area contributed by atoms with Crippen molar-refractivity contribution in [1.29, 1.82) is 0 Å². The molecule has 1 heterocycles. The number of carbonyl (C=O) groups excluding carboxylic acids is 2. The van der Waals surface area contributed by atoms with Gasteiger partial charge in [-0.05, 0) is 54.6 Å². The molecule has 0 spiro atoms. The maximum Gasteiger partial charge on any atom is 0.272 e. The Morgan fingerprint density at radius 3 is 2.38 bits per heavy atom. The van der Waals surface area contributed by atoms with Crippen LogP contribution in [0, 0.1) is 5.82 Å². The highest BCUT2D eigenvalue weighted by Crippen LogP contribution is 2.21. The number of amides is 2. The summed E-state index contributed by atoms with van der Waals surface area (Å²) in [4.78, 5) is 27.9. The summed E-state index contributed by atoms with van der Waals surface area (Å²) in [5, 5.41) is 6.30. The van der Waals surface area contributed by atoms with E-state index < -0.39 is 11.7 Å². The standard InChI is InChI=1S/C22H17FN4O2/c23-15-7-10-17(24)19(12-15)27-21(28)13-5-8-16(9-6-13)25-22(29)20-11-14-3-1-2-4-18(14)26-20/h1-12,26H,24H2,(H,25,29)(H,27,28). The highest BCUT2D eigenvalue weighted by Gasteiger charge is 2.12. The molecule has 1 aromatic heterocycles. The van der Waals surface area contributed by atoms with Crippen molar-refractivity contribution in [3.63, 3.8) is 0 Å². The van der Waals surface area contributed by atoms with Gasteiger partial charge in [-0.15, -0.1) is 0 Å². The lowest BCUT2D eigenvalue weighted by Crippen LogP contribution is -2.14. The molecule has 4 rings (SSSR count). The molecule has 0 aliphatic rings. The number of hydrogen-bond acceptors (Lipinski definition) is 3. The van der Waals surface area contributed by atoms with Crippen molar-refractivity contribution in [2.45, 2.75) is 0 Å². The Hall–Kier alpha value is -4.13. The minimum absolute atomic E-state index is 0.200. The normalized spacial score (nSPS) is 10.7. The average Bonchev–Trinajstić information content (AvgIpc) is 3.16. The molecular weight excluding hydrogens is 371 g/mol. The molecule has 0 atom stereocenters. The van der Waals surface area contributed by atoms with E-state index in [1.54, 1.807) is 30.3 Å². The van der Waals surface area contributed by atoms with Gasteiger partial charge in [-0.1, -0.05) is 18.2 Å². The number of anilines is 3. The zero-order valence-corrected chi connectivity index (χ0v) is 15.2. The van der Waals surface area contributed by atoms with E-state index >= 15 is 0 Å². The lowest BCUT2D eigenvalue weighted by Gasteiger charge is -2.09. The first-order valence-electron chi connectivity index (χ1n) is 8.85. The van der Waals surface area contributed by atoms with Gasteiger partial charge in [0.05, 0.1) is 11.4 Å². The number of halogens is 1. The topological polar surface area (TPSA) is 100 Å². The lowest BCUT2D eigenvalue weighted by atomic mass is 10.1. The second-order valence-corrected chi connectivity index (χ2v) is 6.49.